The van der Waals surface area contributed by atoms with E-state index in [1.807, 2.05) is 25.2 Å². The van der Waals surface area contributed by atoms with E-state index in [1.54, 1.807) is 7.11 Å². The molecule has 0 saturated heterocycles. The standard InChI is InChI=1S/C15H23N3O.HI/c1-16-15(18-13-7-3-4-8-13)17-11-12-6-5-9-14(10-12)19-2;/h5-6,9-10,13H,3-4,7-8,11H2,1-2H3,(H2,16,17,18);1H. The van der Waals surface area contributed by atoms with Crippen LogP contribution in [0, 0.1) is 0 Å². The molecule has 112 valence electrons. The van der Waals surface area contributed by atoms with Crippen molar-refractivity contribution in [3.8, 4) is 5.75 Å². The molecule has 1 aromatic rings. The molecule has 0 unspecified atom stereocenters. The molecule has 0 spiro atoms. The molecule has 5 heteroatoms. The number of halogens is 1. The summed E-state index contributed by atoms with van der Waals surface area (Å²) in [6.45, 7) is 0.754. The third-order valence-electron chi connectivity index (χ3n) is 3.51. The van der Waals surface area contributed by atoms with Gasteiger partial charge in [-0.05, 0) is 30.5 Å². The summed E-state index contributed by atoms with van der Waals surface area (Å²) in [7, 11) is 3.50. The first-order valence-electron chi connectivity index (χ1n) is 6.92. The van der Waals surface area contributed by atoms with Crippen LogP contribution in [0.4, 0.5) is 0 Å². The monoisotopic (exact) mass is 389 g/mol. The first-order valence-corrected chi connectivity index (χ1v) is 6.92. The fourth-order valence-corrected chi connectivity index (χ4v) is 2.43. The molecule has 0 heterocycles. The van der Waals surface area contributed by atoms with Crippen molar-refractivity contribution in [3.05, 3.63) is 29.8 Å². The Kier molecular flexibility index (Phi) is 7.72. The van der Waals surface area contributed by atoms with E-state index in [0.717, 1.165) is 18.3 Å². The smallest absolute Gasteiger partial charge is 0.191 e. The Labute approximate surface area is 138 Å². The van der Waals surface area contributed by atoms with Gasteiger partial charge < -0.3 is 15.4 Å². The zero-order valence-corrected chi connectivity index (χ0v) is 14.5. The third kappa shape index (κ3) is 5.19. The average molecular weight is 389 g/mol. The van der Waals surface area contributed by atoms with Crippen LogP contribution in [0.15, 0.2) is 29.3 Å². The number of methoxy groups -OCH3 is 1. The molecule has 0 radical (unpaired) electrons. The maximum absolute atomic E-state index is 5.22. The number of ether oxygens (including phenoxy) is 1. The molecule has 0 aliphatic heterocycles. The normalized spacial score (nSPS) is 15.6. The van der Waals surface area contributed by atoms with Gasteiger partial charge in [-0.15, -0.1) is 24.0 Å². The molecule has 1 saturated carbocycles. The average Bonchev–Trinajstić information content (AvgIpc) is 2.96. The largest absolute Gasteiger partial charge is 0.497 e. The van der Waals surface area contributed by atoms with Crippen molar-refractivity contribution in [2.45, 2.75) is 38.3 Å². The van der Waals surface area contributed by atoms with E-state index >= 15 is 0 Å². The van der Waals surface area contributed by atoms with Crippen LogP contribution in [-0.2, 0) is 6.54 Å². The highest BCUT2D eigenvalue weighted by Crippen LogP contribution is 2.17. The van der Waals surface area contributed by atoms with Gasteiger partial charge in [0, 0.05) is 19.6 Å². The second-order valence-corrected chi connectivity index (χ2v) is 4.90. The quantitative estimate of drug-likeness (QED) is 0.473. The highest BCUT2D eigenvalue weighted by Gasteiger charge is 2.15. The molecule has 0 atom stereocenters. The molecule has 2 rings (SSSR count). The van der Waals surface area contributed by atoms with Crippen LogP contribution in [0.1, 0.15) is 31.2 Å². The fourth-order valence-electron chi connectivity index (χ4n) is 2.43. The predicted octanol–water partition coefficient (Wildman–Crippen LogP) is 2.92. The number of hydrogen-bond acceptors (Lipinski definition) is 2. The van der Waals surface area contributed by atoms with Crippen LogP contribution in [0.5, 0.6) is 5.75 Å². The summed E-state index contributed by atoms with van der Waals surface area (Å²) >= 11 is 0. The van der Waals surface area contributed by atoms with Crippen LogP contribution in [-0.4, -0.2) is 26.2 Å². The number of aliphatic imine (C=N–C) groups is 1. The van der Waals surface area contributed by atoms with Crippen LogP contribution >= 0.6 is 24.0 Å². The van der Waals surface area contributed by atoms with Gasteiger partial charge in [0.15, 0.2) is 5.96 Å². The molecule has 1 aliphatic carbocycles. The van der Waals surface area contributed by atoms with Crippen LogP contribution < -0.4 is 15.4 Å². The molecule has 2 N–H and O–H groups in total. The Morgan fingerprint density at radius 3 is 2.75 bits per heavy atom. The Morgan fingerprint density at radius 2 is 2.10 bits per heavy atom. The number of nitrogens with zero attached hydrogens (tertiary/aromatic N) is 1. The van der Waals surface area contributed by atoms with Gasteiger partial charge in [0.05, 0.1) is 7.11 Å². The van der Waals surface area contributed by atoms with Crippen molar-refractivity contribution in [2.75, 3.05) is 14.2 Å². The number of rotatable bonds is 4. The highest BCUT2D eigenvalue weighted by molar-refractivity contribution is 14.0. The van der Waals surface area contributed by atoms with Crippen LogP contribution in [0.3, 0.4) is 0 Å². The first kappa shape index (κ1) is 17.1. The van der Waals surface area contributed by atoms with Gasteiger partial charge in [-0.3, -0.25) is 4.99 Å². The van der Waals surface area contributed by atoms with E-state index in [9.17, 15) is 0 Å². The van der Waals surface area contributed by atoms with Crippen LogP contribution in [0.2, 0.25) is 0 Å². The Bertz CT molecular complexity index is 431. The summed E-state index contributed by atoms with van der Waals surface area (Å²) < 4.78 is 5.22. The zero-order valence-electron chi connectivity index (χ0n) is 12.2. The Hall–Kier alpha value is -0.980. The second kappa shape index (κ2) is 9.05. The second-order valence-electron chi connectivity index (χ2n) is 4.90. The zero-order chi connectivity index (χ0) is 13.5. The third-order valence-corrected chi connectivity index (χ3v) is 3.51. The Balaban J connectivity index is 0.00000200. The van der Waals surface area contributed by atoms with E-state index < -0.39 is 0 Å². The lowest BCUT2D eigenvalue weighted by Crippen LogP contribution is -2.41. The first-order chi connectivity index (χ1) is 9.31. The molecular weight excluding hydrogens is 365 g/mol. The molecule has 1 aromatic carbocycles. The number of nitrogens with one attached hydrogen (secondary N) is 2. The van der Waals surface area contributed by atoms with Gasteiger partial charge in [-0.25, -0.2) is 0 Å². The molecule has 4 nitrogen and oxygen atoms in total. The molecular formula is C15H24IN3O. The summed E-state index contributed by atoms with van der Waals surface area (Å²) in [4.78, 5) is 4.27. The van der Waals surface area contributed by atoms with Crippen molar-refractivity contribution >= 4 is 29.9 Å². The number of hydrogen-bond donors (Lipinski definition) is 2. The van der Waals surface area contributed by atoms with Gasteiger partial charge in [0.25, 0.3) is 0 Å². The molecule has 20 heavy (non-hydrogen) atoms. The van der Waals surface area contributed by atoms with Crippen molar-refractivity contribution in [1.29, 1.82) is 0 Å². The predicted molar refractivity (Wildman–Crippen MR) is 94.0 cm³/mol. The molecule has 0 aromatic heterocycles. The van der Waals surface area contributed by atoms with E-state index in [-0.39, 0.29) is 24.0 Å². The molecule has 1 fully saturated rings. The molecule has 0 bridgehead atoms. The van der Waals surface area contributed by atoms with Gasteiger partial charge in [0.2, 0.25) is 0 Å². The van der Waals surface area contributed by atoms with Crippen molar-refractivity contribution in [2.24, 2.45) is 4.99 Å². The summed E-state index contributed by atoms with van der Waals surface area (Å²) in [5, 5.41) is 6.82. The highest BCUT2D eigenvalue weighted by atomic mass is 127. The topological polar surface area (TPSA) is 45.7 Å². The minimum absolute atomic E-state index is 0. The van der Waals surface area contributed by atoms with Crippen molar-refractivity contribution in [1.82, 2.24) is 10.6 Å². The number of benzene rings is 1. The Morgan fingerprint density at radius 1 is 1.35 bits per heavy atom. The van der Waals surface area contributed by atoms with Gasteiger partial charge >= 0.3 is 0 Å². The lowest BCUT2D eigenvalue weighted by molar-refractivity contribution is 0.414. The summed E-state index contributed by atoms with van der Waals surface area (Å²) in [6.07, 6.45) is 5.15. The minimum Gasteiger partial charge on any atom is -0.497 e. The number of guanidine groups is 1. The molecule has 1 aliphatic rings. The van der Waals surface area contributed by atoms with E-state index in [0.29, 0.717) is 6.04 Å². The summed E-state index contributed by atoms with van der Waals surface area (Å²) in [5.41, 5.74) is 1.19. The van der Waals surface area contributed by atoms with Gasteiger partial charge in [-0.2, -0.15) is 0 Å². The van der Waals surface area contributed by atoms with Gasteiger partial charge in [0.1, 0.15) is 5.75 Å². The fraction of sp³-hybridized carbons (Fsp3) is 0.533. The lowest BCUT2D eigenvalue weighted by atomic mass is 10.2. The maximum Gasteiger partial charge on any atom is 0.191 e. The van der Waals surface area contributed by atoms with Crippen LogP contribution in [0.25, 0.3) is 0 Å². The summed E-state index contributed by atoms with van der Waals surface area (Å²) in [5.74, 6) is 1.77. The van der Waals surface area contributed by atoms with Gasteiger partial charge in [-0.1, -0.05) is 25.0 Å². The van der Waals surface area contributed by atoms with Crippen molar-refractivity contribution < 1.29 is 4.74 Å². The maximum atomic E-state index is 5.22. The molecule has 0 amide bonds. The van der Waals surface area contributed by atoms with E-state index in [1.165, 1.54) is 31.2 Å². The van der Waals surface area contributed by atoms with E-state index in [2.05, 4.69) is 21.7 Å². The van der Waals surface area contributed by atoms with E-state index in [4.69, 9.17) is 4.74 Å². The lowest BCUT2D eigenvalue weighted by Gasteiger charge is -2.17. The SMILES string of the molecule is CN=C(NCc1cccc(OC)c1)NC1CCCC1.I. The summed E-state index contributed by atoms with van der Waals surface area (Å²) in [6, 6.07) is 8.66. The van der Waals surface area contributed by atoms with Crippen molar-refractivity contribution in [3.63, 3.8) is 0 Å². The minimum atomic E-state index is 0.